The van der Waals surface area contributed by atoms with Gasteiger partial charge < -0.3 is 48.7 Å². The fourth-order valence-electron chi connectivity index (χ4n) is 9.00. The number of pyridine rings is 1. The molecule has 0 radical (unpaired) electrons. The smallest absolute Gasteiger partial charge is 0.428 e. The van der Waals surface area contributed by atoms with Crippen molar-refractivity contribution in [2.24, 2.45) is 33.8 Å². The van der Waals surface area contributed by atoms with Crippen molar-refractivity contribution in [3.05, 3.63) is 29.4 Å². The third-order valence-corrected chi connectivity index (χ3v) is 15.6. The number of oxime groups is 1. The first-order valence-electron chi connectivity index (χ1n) is 21.8. The van der Waals surface area contributed by atoms with Crippen LogP contribution in [-0.4, -0.2) is 136 Å². The van der Waals surface area contributed by atoms with E-state index in [2.05, 4.69) is 20.1 Å². The van der Waals surface area contributed by atoms with Crippen LogP contribution >= 0.6 is 41.7 Å². The summed E-state index contributed by atoms with van der Waals surface area (Å²) in [6.45, 7) is 12.2. The number of esters is 1. The lowest BCUT2D eigenvalue weighted by Gasteiger charge is -2.47. The van der Waals surface area contributed by atoms with Gasteiger partial charge in [0.15, 0.2) is 22.8 Å². The number of ether oxygens (including phenoxy) is 4. The van der Waals surface area contributed by atoms with Crippen LogP contribution in [0.15, 0.2) is 33.9 Å². The van der Waals surface area contributed by atoms with Crippen molar-refractivity contribution in [1.82, 2.24) is 14.9 Å². The van der Waals surface area contributed by atoms with Crippen molar-refractivity contribution >= 4 is 76.6 Å². The highest BCUT2D eigenvalue weighted by Crippen LogP contribution is 2.44. The van der Waals surface area contributed by atoms with Crippen LogP contribution in [0.5, 0.6) is 0 Å². The first-order chi connectivity index (χ1) is 30.7. The monoisotopic (exact) mass is 1080 g/mol. The molecule has 5 rings (SSSR count). The van der Waals surface area contributed by atoms with Gasteiger partial charge in [-0.05, 0) is 114 Å². The highest BCUT2D eigenvalue weighted by atomic mass is 127. The van der Waals surface area contributed by atoms with E-state index in [1.807, 2.05) is 44.9 Å². The molecule has 0 unspecified atom stereocenters. The Morgan fingerprint density at radius 2 is 1.85 bits per heavy atom. The zero-order valence-electron chi connectivity index (χ0n) is 38.8. The number of aromatic nitrogens is 2. The summed E-state index contributed by atoms with van der Waals surface area (Å²) in [5.41, 5.74) is -4.85. The Morgan fingerprint density at radius 3 is 2.47 bits per heavy atom. The van der Waals surface area contributed by atoms with Crippen LogP contribution in [0, 0.1) is 23.7 Å². The minimum atomic E-state index is -4.54. The molecule has 66 heavy (non-hydrogen) atoms. The number of carbonyl (C=O) groups is 3. The first-order valence-corrected chi connectivity index (χ1v) is 25.6. The number of hydrogen-bond acceptors (Lipinski definition) is 16. The van der Waals surface area contributed by atoms with E-state index < -0.39 is 101 Å². The molecule has 23 heteroatoms. The molecule has 3 aliphatic rings. The largest absolute Gasteiger partial charge is 0.446 e. The Kier molecular flexibility index (Phi) is 17.9. The molecule has 2 bridgehead atoms. The van der Waals surface area contributed by atoms with Gasteiger partial charge in [0, 0.05) is 47.2 Å². The second-order valence-corrected chi connectivity index (χ2v) is 21.6. The van der Waals surface area contributed by atoms with E-state index in [9.17, 15) is 38.9 Å². The molecule has 19 nitrogen and oxygen atoms in total. The van der Waals surface area contributed by atoms with Crippen molar-refractivity contribution in [3.63, 3.8) is 0 Å². The minimum Gasteiger partial charge on any atom is -0.446 e. The van der Waals surface area contributed by atoms with Gasteiger partial charge in [0.2, 0.25) is 5.91 Å². The van der Waals surface area contributed by atoms with Gasteiger partial charge in [-0.2, -0.15) is 0 Å². The summed E-state index contributed by atoms with van der Waals surface area (Å²) in [6.07, 6.45) is -1.97. The second-order valence-electron chi connectivity index (χ2n) is 18.3. The molecule has 3 aliphatic heterocycles. The number of amides is 1. The summed E-state index contributed by atoms with van der Waals surface area (Å²) in [6, 6.07) is 2.98. The highest BCUT2D eigenvalue weighted by Gasteiger charge is 2.56. The molecule has 2 aromatic heterocycles. The third kappa shape index (κ3) is 12.8. The average molecular weight is 1080 g/mol. The number of likely N-dealkylation sites (N-methyl/N-ethyl adjacent to an activating group) is 1. The van der Waals surface area contributed by atoms with Crippen LogP contribution in [0.4, 0.5) is 10.2 Å². The normalized spacial score (nSPS) is 36.6. The molecule has 5 heterocycles. The lowest BCUT2D eigenvalue weighted by atomic mass is 9.70. The number of thiazole rings is 1. The molecule has 2 aromatic rings. The van der Waals surface area contributed by atoms with E-state index >= 15 is 4.39 Å². The number of nitrogens with zero attached hydrogens (tertiary/aromatic N) is 5. The van der Waals surface area contributed by atoms with Crippen LogP contribution in [0.2, 0.25) is 0 Å². The van der Waals surface area contributed by atoms with Gasteiger partial charge >= 0.3 is 13.7 Å². The van der Waals surface area contributed by atoms with Gasteiger partial charge in [-0.15, -0.1) is 11.3 Å². The maximum absolute atomic E-state index is 16.9. The van der Waals surface area contributed by atoms with Crippen LogP contribution in [0.3, 0.4) is 0 Å². The zero-order chi connectivity index (χ0) is 49.1. The molecule has 0 spiro atoms. The number of ketones is 1. The minimum absolute atomic E-state index is 0.0152. The molecule has 5 N–H and O–H groups in total. The van der Waals surface area contributed by atoms with E-state index in [4.69, 9.17) is 23.8 Å². The highest BCUT2D eigenvalue weighted by molar-refractivity contribution is 14.1. The van der Waals surface area contributed by atoms with E-state index in [-0.39, 0.29) is 44.7 Å². The Labute approximate surface area is 402 Å². The van der Waals surface area contributed by atoms with Crippen LogP contribution < -0.4 is 5.09 Å². The second kappa shape index (κ2) is 21.8. The molecular formula is C43H63FIN6O13PS. The predicted molar refractivity (Wildman–Crippen MR) is 252 cm³/mol. The summed E-state index contributed by atoms with van der Waals surface area (Å²) in [4.78, 5) is 80.9. The number of rotatable bonds is 10. The molecule has 13 atom stereocenters. The van der Waals surface area contributed by atoms with Crippen molar-refractivity contribution in [2.45, 2.75) is 146 Å². The van der Waals surface area contributed by atoms with Crippen LogP contribution in [0.25, 0.3) is 10.6 Å². The SMILES string of the molecule is CCC(=O)/N=C1\[C@H](C)C[C@@]2(C)OC/C(=N/OCc3ccc(-c4nc(NP(=O)(O)O)cs4)cn3)CC[C@H]([C@H]1C)[C@](C)(O)[C@@H](I)OC(=O)[C@@](C)(F)C(=O)[C@H](C)[C@H]2O[C@@H]1O[C@H](C)C[C@H](N(C)C)[C@H]1O. The van der Waals surface area contributed by atoms with Crippen molar-refractivity contribution in [3.8, 4) is 10.6 Å². The number of halogens is 2. The van der Waals surface area contributed by atoms with Crippen molar-refractivity contribution < 1.29 is 67.1 Å². The fraction of sp³-hybridized carbons (Fsp3) is 0.698. The first kappa shape index (κ1) is 54.0. The number of cyclic esters (lactones) is 1. The predicted octanol–water partition coefficient (Wildman–Crippen LogP) is 5.62. The molecule has 0 aromatic carbocycles. The van der Waals surface area contributed by atoms with Crippen LogP contribution in [0.1, 0.15) is 93.2 Å². The number of anilines is 1. The molecule has 0 aliphatic carbocycles. The maximum atomic E-state index is 16.9. The Morgan fingerprint density at radius 1 is 1.15 bits per heavy atom. The number of carbonyl (C=O) groups excluding carboxylic acids is 3. The summed E-state index contributed by atoms with van der Waals surface area (Å²) in [5, 5.41) is 32.5. The quantitative estimate of drug-likeness (QED) is 0.0483. The number of aliphatic hydroxyl groups excluding tert-OH is 1. The fourth-order valence-corrected chi connectivity index (χ4v) is 10.9. The summed E-state index contributed by atoms with van der Waals surface area (Å²) >= 11 is 2.88. The van der Waals surface area contributed by atoms with E-state index in [0.717, 1.165) is 18.3 Å². The number of fused-ring (bicyclic) bond motifs is 5. The molecular weight excluding hydrogens is 1020 g/mol. The molecule has 368 valence electrons. The lowest BCUT2D eigenvalue weighted by molar-refractivity contribution is -0.296. The standard InChI is InChI=1S/C43H63FIN6O13PS/c1-11-32(52)48-33-22(2)17-41(6)36(63-38-34(53)30(51(9)10)16-23(3)62-38)25(5)35(54)42(7,44)40(55)64-39(45)43(8,56)29(24(33)4)15-14-28(19-60-41)49-61-20-27-13-12-26(18-46-27)37-47-31(21-66-37)50-65(57,58)59/h12-13,18,21-25,29-30,34,36,38-39,53,56H,11,14-17,19-20H2,1-10H3,(H3,50,57,58,59)/b48-33+,49-28+/t22-,23-,24-,25+,29-,30+,34-,36-,38+,39+,41-,42+,43+/m1/s1. The van der Waals surface area contributed by atoms with Crippen molar-refractivity contribution in [1.29, 1.82) is 0 Å². The van der Waals surface area contributed by atoms with E-state index in [0.29, 0.717) is 34.1 Å². The van der Waals surface area contributed by atoms with Gasteiger partial charge in [0.05, 0.1) is 35.8 Å². The van der Waals surface area contributed by atoms with Crippen LogP contribution in [-0.2, 0) is 49.3 Å². The average Bonchev–Trinajstić information content (AvgIpc) is 3.69. The number of alkyl halides is 2. The summed E-state index contributed by atoms with van der Waals surface area (Å²) < 4.78 is 52.2. The van der Waals surface area contributed by atoms with E-state index in [1.54, 1.807) is 48.6 Å². The number of aliphatic hydroxyl groups is 2. The Balaban J connectivity index is 1.60. The summed E-state index contributed by atoms with van der Waals surface area (Å²) in [5.74, 6) is -6.60. The molecule has 3 fully saturated rings. The molecule has 1 amide bonds. The third-order valence-electron chi connectivity index (χ3n) is 12.7. The van der Waals surface area contributed by atoms with E-state index in [1.165, 1.54) is 25.4 Å². The number of nitrogens with one attached hydrogen (secondary N) is 1. The van der Waals surface area contributed by atoms with Crippen molar-refractivity contribution in [2.75, 3.05) is 25.8 Å². The number of Topliss-reactive ketones (excluding diaryl/α,β-unsaturated/α-hetero) is 1. The maximum Gasteiger partial charge on any atom is 0.428 e. The Bertz CT molecular complexity index is 2160. The number of hydrogen-bond donors (Lipinski definition) is 5. The van der Waals surface area contributed by atoms with Gasteiger partial charge in [0.25, 0.3) is 5.67 Å². The number of aliphatic imine (C=N–C) groups is 1. The Hall–Kier alpha value is -2.90. The van der Waals surface area contributed by atoms with Gasteiger partial charge in [0.1, 0.15) is 22.5 Å². The lowest BCUT2D eigenvalue weighted by Crippen LogP contribution is -2.61. The molecule has 0 saturated carbocycles. The van der Waals surface area contributed by atoms with Gasteiger partial charge in [-0.25, -0.2) is 23.7 Å². The topological polar surface area (TPSA) is 261 Å². The van der Waals surface area contributed by atoms with Gasteiger partial charge in [-0.1, -0.05) is 32.9 Å². The summed E-state index contributed by atoms with van der Waals surface area (Å²) in [7, 11) is -0.928. The van der Waals surface area contributed by atoms with Gasteiger partial charge in [-0.3, -0.25) is 19.7 Å². The molecule has 3 saturated heterocycles. The zero-order valence-corrected chi connectivity index (χ0v) is 42.7.